The lowest BCUT2D eigenvalue weighted by Gasteiger charge is -2.41. The Labute approximate surface area is 149 Å². The molecule has 1 aliphatic rings. The summed E-state index contributed by atoms with van der Waals surface area (Å²) in [5.41, 5.74) is 2.23. The van der Waals surface area contributed by atoms with Crippen LogP contribution in [0.5, 0.6) is 0 Å². The Hall–Kier alpha value is -2.33. The molecule has 1 aliphatic heterocycles. The molecular formula is C21H26N2O2. The largest absolute Gasteiger partial charge is 0.396 e. The summed E-state index contributed by atoms with van der Waals surface area (Å²) in [4.78, 5) is 14.2. The van der Waals surface area contributed by atoms with Crippen molar-refractivity contribution in [1.82, 2.24) is 10.2 Å². The van der Waals surface area contributed by atoms with Gasteiger partial charge in [0.15, 0.2) is 0 Å². The third-order valence-electron chi connectivity index (χ3n) is 5.16. The highest BCUT2D eigenvalue weighted by Gasteiger charge is 2.35. The van der Waals surface area contributed by atoms with Gasteiger partial charge < -0.3 is 15.3 Å². The molecule has 0 atom stereocenters. The number of carbonyl (C=O) groups excluding carboxylic acids is 1. The summed E-state index contributed by atoms with van der Waals surface area (Å²) < 4.78 is 0. The van der Waals surface area contributed by atoms with E-state index in [1.807, 2.05) is 53.4 Å². The monoisotopic (exact) mass is 338 g/mol. The van der Waals surface area contributed by atoms with Gasteiger partial charge in [0, 0.05) is 31.7 Å². The van der Waals surface area contributed by atoms with E-state index in [1.165, 1.54) is 5.56 Å². The Bertz CT molecular complexity index is 665. The predicted octanol–water partition coefficient (Wildman–Crippen LogP) is 3.21. The number of amides is 2. The van der Waals surface area contributed by atoms with Crippen LogP contribution in [0.25, 0.3) is 0 Å². The molecule has 132 valence electrons. The lowest BCUT2D eigenvalue weighted by Crippen LogP contribution is -2.48. The smallest absolute Gasteiger partial charge is 0.317 e. The summed E-state index contributed by atoms with van der Waals surface area (Å²) in [6.45, 7) is 2.09. The minimum atomic E-state index is -0.114. The summed E-state index contributed by atoms with van der Waals surface area (Å²) in [6.07, 6.45) is 2.53. The van der Waals surface area contributed by atoms with Gasteiger partial charge in [0.2, 0.25) is 0 Å². The Balaban J connectivity index is 1.52. The van der Waals surface area contributed by atoms with Crippen LogP contribution in [0.3, 0.4) is 0 Å². The molecule has 4 nitrogen and oxygen atoms in total. The number of hydrogen-bond acceptors (Lipinski definition) is 2. The number of aliphatic hydroxyl groups is 1. The van der Waals surface area contributed by atoms with Gasteiger partial charge >= 0.3 is 6.03 Å². The van der Waals surface area contributed by atoms with Crippen LogP contribution < -0.4 is 5.32 Å². The second-order valence-electron chi connectivity index (χ2n) is 6.95. The van der Waals surface area contributed by atoms with E-state index in [4.69, 9.17) is 0 Å². The molecule has 0 spiro atoms. The molecule has 0 unspecified atom stereocenters. The van der Waals surface area contributed by atoms with E-state index in [0.29, 0.717) is 19.6 Å². The van der Waals surface area contributed by atoms with Gasteiger partial charge in [-0.05, 0) is 30.4 Å². The normalized spacial score (nSPS) is 16.4. The number of aliphatic hydroxyl groups excluding tert-OH is 1. The van der Waals surface area contributed by atoms with Crippen molar-refractivity contribution < 1.29 is 9.90 Å². The fourth-order valence-corrected chi connectivity index (χ4v) is 3.49. The van der Waals surface area contributed by atoms with Gasteiger partial charge in [0.05, 0.1) is 0 Å². The van der Waals surface area contributed by atoms with Crippen LogP contribution in [0.15, 0.2) is 60.7 Å². The Kier molecular flexibility index (Phi) is 5.71. The SMILES string of the molecule is O=C(NCc1ccccc1)N1CCC(CO)(Cc2ccccc2)CC1. The third-order valence-corrected chi connectivity index (χ3v) is 5.16. The van der Waals surface area contributed by atoms with Crippen LogP contribution in [0.1, 0.15) is 24.0 Å². The van der Waals surface area contributed by atoms with Crippen molar-refractivity contribution in [3.8, 4) is 0 Å². The zero-order chi connectivity index (χ0) is 17.5. The van der Waals surface area contributed by atoms with Gasteiger partial charge in [-0.25, -0.2) is 4.79 Å². The Morgan fingerprint density at radius 3 is 2.08 bits per heavy atom. The van der Waals surface area contributed by atoms with Crippen molar-refractivity contribution in [2.75, 3.05) is 19.7 Å². The van der Waals surface area contributed by atoms with Crippen molar-refractivity contribution in [2.45, 2.75) is 25.8 Å². The number of piperidine rings is 1. The Morgan fingerprint density at radius 2 is 1.52 bits per heavy atom. The predicted molar refractivity (Wildman–Crippen MR) is 99.1 cm³/mol. The zero-order valence-electron chi connectivity index (χ0n) is 14.5. The molecule has 2 aromatic rings. The van der Waals surface area contributed by atoms with Gasteiger partial charge in [0.1, 0.15) is 0 Å². The fraction of sp³-hybridized carbons (Fsp3) is 0.381. The number of hydrogen-bond donors (Lipinski definition) is 2. The topological polar surface area (TPSA) is 52.6 Å². The average molecular weight is 338 g/mol. The van der Waals surface area contributed by atoms with E-state index in [1.54, 1.807) is 0 Å². The van der Waals surface area contributed by atoms with Gasteiger partial charge in [-0.15, -0.1) is 0 Å². The van der Waals surface area contributed by atoms with Crippen molar-refractivity contribution in [3.05, 3.63) is 71.8 Å². The van der Waals surface area contributed by atoms with Crippen molar-refractivity contribution in [2.24, 2.45) is 5.41 Å². The molecular weight excluding hydrogens is 312 g/mol. The summed E-state index contributed by atoms with van der Waals surface area (Å²) in [6, 6.07) is 20.2. The molecule has 4 heteroatoms. The molecule has 1 fully saturated rings. The number of rotatable bonds is 5. The van der Waals surface area contributed by atoms with E-state index < -0.39 is 0 Å². The lowest BCUT2D eigenvalue weighted by atomic mass is 9.74. The highest BCUT2D eigenvalue weighted by Crippen LogP contribution is 2.34. The summed E-state index contributed by atoms with van der Waals surface area (Å²) in [7, 11) is 0. The first-order valence-corrected chi connectivity index (χ1v) is 8.92. The minimum absolute atomic E-state index is 0.0184. The molecule has 25 heavy (non-hydrogen) atoms. The molecule has 2 aromatic carbocycles. The molecule has 0 aliphatic carbocycles. The molecule has 0 radical (unpaired) electrons. The highest BCUT2D eigenvalue weighted by molar-refractivity contribution is 5.74. The Morgan fingerprint density at radius 1 is 0.960 bits per heavy atom. The third kappa shape index (κ3) is 4.60. The molecule has 0 saturated carbocycles. The van der Waals surface area contributed by atoms with Crippen LogP contribution in [0, 0.1) is 5.41 Å². The summed E-state index contributed by atoms with van der Waals surface area (Å²) >= 11 is 0. The second-order valence-corrected chi connectivity index (χ2v) is 6.95. The first-order valence-electron chi connectivity index (χ1n) is 8.92. The maximum absolute atomic E-state index is 12.4. The highest BCUT2D eigenvalue weighted by atomic mass is 16.3. The summed E-state index contributed by atoms with van der Waals surface area (Å²) in [5.74, 6) is 0. The van der Waals surface area contributed by atoms with Crippen molar-refractivity contribution >= 4 is 6.03 Å². The van der Waals surface area contributed by atoms with E-state index in [-0.39, 0.29) is 18.1 Å². The second kappa shape index (κ2) is 8.17. The van der Waals surface area contributed by atoms with Crippen LogP contribution in [-0.2, 0) is 13.0 Å². The molecule has 1 saturated heterocycles. The van der Waals surface area contributed by atoms with E-state index in [0.717, 1.165) is 24.8 Å². The van der Waals surface area contributed by atoms with E-state index >= 15 is 0 Å². The van der Waals surface area contributed by atoms with Crippen LogP contribution >= 0.6 is 0 Å². The number of nitrogens with zero attached hydrogens (tertiary/aromatic N) is 1. The first kappa shape index (κ1) is 17.5. The lowest BCUT2D eigenvalue weighted by molar-refractivity contribution is 0.0552. The van der Waals surface area contributed by atoms with Gasteiger partial charge in [-0.3, -0.25) is 0 Å². The van der Waals surface area contributed by atoms with Gasteiger partial charge in [0.25, 0.3) is 0 Å². The molecule has 2 N–H and O–H groups in total. The van der Waals surface area contributed by atoms with Crippen LogP contribution in [0.4, 0.5) is 4.79 Å². The number of benzene rings is 2. The fourth-order valence-electron chi connectivity index (χ4n) is 3.49. The molecule has 2 amide bonds. The zero-order valence-corrected chi connectivity index (χ0v) is 14.5. The maximum Gasteiger partial charge on any atom is 0.317 e. The minimum Gasteiger partial charge on any atom is -0.396 e. The van der Waals surface area contributed by atoms with Crippen LogP contribution in [-0.4, -0.2) is 35.7 Å². The molecule has 0 bridgehead atoms. The number of urea groups is 1. The molecule has 1 heterocycles. The quantitative estimate of drug-likeness (QED) is 0.879. The number of likely N-dealkylation sites (tertiary alicyclic amines) is 1. The molecule has 0 aromatic heterocycles. The number of carbonyl (C=O) groups is 1. The van der Waals surface area contributed by atoms with Crippen molar-refractivity contribution in [1.29, 1.82) is 0 Å². The standard InChI is InChI=1S/C21H26N2O2/c24-17-21(15-18-7-3-1-4-8-18)11-13-23(14-12-21)20(25)22-16-19-9-5-2-6-10-19/h1-10,24H,11-17H2,(H,22,25). The van der Waals surface area contributed by atoms with E-state index in [9.17, 15) is 9.90 Å². The van der Waals surface area contributed by atoms with Crippen LogP contribution in [0.2, 0.25) is 0 Å². The molecule has 3 rings (SSSR count). The van der Waals surface area contributed by atoms with Gasteiger partial charge in [-0.1, -0.05) is 60.7 Å². The van der Waals surface area contributed by atoms with E-state index in [2.05, 4.69) is 17.4 Å². The maximum atomic E-state index is 12.4. The van der Waals surface area contributed by atoms with Gasteiger partial charge in [-0.2, -0.15) is 0 Å². The number of nitrogens with one attached hydrogen (secondary N) is 1. The first-order chi connectivity index (χ1) is 12.2. The average Bonchev–Trinajstić information content (AvgIpc) is 2.68. The van der Waals surface area contributed by atoms with Crippen molar-refractivity contribution in [3.63, 3.8) is 0 Å². The summed E-state index contributed by atoms with van der Waals surface area (Å²) in [5, 5.41) is 12.9.